The van der Waals surface area contributed by atoms with Crippen molar-refractivity contribution in [3.63, 3.8) is 0 Å². The molecule has 1 saturated carbocycles. The first-order valence-corrected chi connectivity index (χ1v) is 8.54. The summed E-state index contributed by atoms with van der Waals surface area (Å²) in [6, 6.07) is 9.80. The second-order valence-electron chi connectivity index (χ2n) is 6.91. The number of piperidine rings is 1. The summed E-state index contributed by atoms with van der Waals surface area (Å²) >= 11 is 0. The maximum atomic E-state index is 12.0. The fourth-order valence-electron chi connectivity index (χ4n) is 3.10. The number of aliphatic hydroxyl groups excluding tert-OH is 1. The number of carbonyl (C=O) groups is 1. The topological polar surface area (TPSA) is 88.4 Å². The highest BCUT2D eigenvalue weighted by Crippen LogP contribution is 2.44. The van der Waals surface area contributed by atoms with E-state index in [9.17, 15) is 9.90 Å². The molecule has 2 amide bonds. The van der Waals surface area contributed by atoms with Gasteiger partial charge >= 0.3 is 6.03 Å². The van der Waals surface area contributed by atoms with Crippen LogP contribution in [-0.4, -0.2) is 43.4 Å². The molecule has 24 heavy (non-hydrogen) atoms. The summed E-state index contributed by atoms with van der Waals surface area (Å²) in [6.45, 7) is 2.48. The predicted molar refractivity (Wildman–Crippen MR) is 91.7 cm³/mol. The lowest BCUT2D eigenvalue weighted by Crippen LogP contribution is -2.49. The van der Waals surface area contributed by atoms with Crippen LogP contribution in [0.2, 0.25) is 0 Å². The molecule has 2 aliphatic rings. The molecule has 0 atom stereocenters. The Labute approximate surface area is 142 Å². The number of aliphatic hydroxyl groups is 1. The first-order valence-electron chi connectivity index (χ1n) is 8.54. The van der Waals surface area contributed by atoms with E-state index in [1.165, 1.54) is 0 Å². The molecule has 2 fully saturated rings. The van der Waals surface area contributed by atoms with Gasteiger partial charge in [0.25, 0.3) is 0 Å². The number of hydrogen-bond acceptors (Lipinski definition) is 4. The van der Waals surface area contributed by atoms with Crippen molar-refractivity contribution in [3.05, 3.63) is 29.8 Å². The van der Waals surface area contributed by atoms with E-state index >= 15 is 0 Å². The summed E-state index contributed by atoms with van der Waals surface area (Å²) in [6.07, 6.45) is 3.79. The number of urea groups is 1. The number of nitrogens with one attached hydrogen (secondary N) is 2. The average molecular weight is 328 g/mol. The first-order chi connectivity index (χ1) is 11.6. The quantitative estimate of drug-likeness (QED) is 0.766. The maximum absolute atomic E-state index is 12.0. The van der Waals surface area contributed by atoms with Gasteiger partial charge in [-0.3, -0.25) is 0 Å². The summed E-state index contributed by atoms with van der Waals surface area (Å²) in [5.74, 6) is 0. The molecule has 1 heterocycles. The van der Waals surface area contributed by atoms with Crippen molar-refractivity contribution in [3.8, 4) is 6.07 Å². The van der Waals surface area contributed by atoms with Crippen molar-refractivity contribution in [1.29, 1.82) is 5.26 Å². The number of amides is 2. The largest absolute Gasteiger partial charge is 0.396 e. The summed E-state index contributed by atoms with van der Waals surface area (Å²) in [5.41, 5.74) is 1.73. The van der Waals surface area contributed by atoms with Crippen LogP contribution in [0.3, 0.4) is 0 Å². The molecule has 0 spiro atoms. The number of rotatable bonds is 5. The molecule has 1 aliphatic heterocycles. The Bertz CT molecular complexity index is 611. The number of hydrogen-bond donors (Lipinski definition) is 3. The zero-order chi connectivity index (χ0) is 17.0. The monoisotopic (exact) mass is 328 g/mol. The van der Waals surface area contributed by atoms with Crippen LogP contribution in [-0.2, 0) is 0 Å². The minimum atomic E-state index is -0.133. The van der Waals surface area contributed by atoms with Gasteiger partial charge in [-0.25, -0.2) is 4.79 Å². The molecular weight excluding hydrogens is 304 g/mol. The zero-order valence-corrected chi connectivity index (χ0v) is 13.8. The fourth-order valence-corrected chi connectivity index (χ4v) is 3.10. The molecule has 0 unspecified atom stereocenters. The molecule has 128 valence electrons. The van der Waals surface area contributed by atoms with E-state index < -0.39 is 0 Å². The number of nitriles is 1. The third kappa shape index (κ3) is 3.98. The van der Waals surface area contributed by atoms with Crippen LogP contribution in [0.4, 0.5) is 10.5 Å². The minimum absolute atomic E-state index is 0.0592. The summed E-state index contributed by atoms with van der Waals surface area (Å²) in [4.78, 5) is 14.3. The van der Waals surface area contributed by atoms with Gasteiger partial charge in [0.05, 0.1) is 18.2 Å². The van der Waals surface area contributed by atoms with Crippen LogP contribution in [0, 0.1) is 16.7 Å². The molecule has 1 saturated heterocycles. The smallest absolute Gasteiger partial charge is 0.315 e. The molecule has 3 rings (SSSR count). The third-order valence-corrected chi connectivity index (χ3v) is 5.11. The Morgan fingerprint density at radius 3 is 2.50 bits per heavy atom. The van der Waals surface area contributed by atoms with Gasteiger partial charge in [-0.05, 0) is 49.9 Å². The number of benzene rings is 1. The van der Waals surface area contributed by atoms with E-state index in [4.69, 9.17) is 5.26 Å². The van der Waals surface area contributed by atoms with E-state index in [-0.39, 0.29) is 24.1 Å². The van der Waals surface area contributed by atoms with E-state index in [0.29, 0.717) is 12.1 Å². The van der Waals surface area contributed by atoms with Crippen LogP contribution >= 0.6 is 0 Å². The van der Waals surface area contributed by atoms with E-state index in [1.807, 2.05) is 24.3 Å². The van der Waals surface area contributed by atoms with Gasteiger partial charge in [-0.15, -0.1) is 0 Å². The Balaban J connectivity index is 1.41. The number of anilines is 1. The molecular formula is C18H24N4O2. The molecule has 1 aromatic carbocycles. The Hall–Kier alpha value is -2.26. The molecule has 0 aromatic heterocycles. The van der Waals surface area contributed by atoms with E-state index in [0.717, 1.165) is 44.5 Å². The summed E-state index contributed by atoms with van der Waals surface area (Å²) < 4.78 is 0. The van der Waals surface area contributed by atoms with Gasteiger partial charge in [-0.2, -0.15) is 5.26 Å². The molecule has 1 aliphatic carbocycles. The fraction of sp³-hybridized carbons (Fsp3) is 0.556. The second kappa shape index (κ2) is 7.10. The second-order valence-corrected chi connectivity index (χ2v) is 6.91. The molecule has 6 nitrogen and oxygen atoms in total. The lowest BCUT2D eigenvalue weighted by atomic mass is 10.0. The lowest BCUT2D eigenvalue weighted by molar-refractivity contribution is 0.201. The Kier molecular flexibility index (Phi) is 4.91. The van der Waals surface area contributed by atoms with Crippen molar-refractivity contribution in [2.45, 2.75) is 31.7 Å². The maximum Gasteiger partial charge on any atom is 0.315 e. The van der Waals surface area contributed by atoms with E-state index in [2.05, 4.69) is 21.6 Å². The number of carbonyl (C=O) groups excluding carboxylic acids is 1. The normalized spacial score (nSPS) is 19.4. The highest BCUT2D eigenvalue weighted by Gasteiger charge is 2.42. The van der Waals surface area contributed by atoms with Crippen molar-refractivity contribution in [1.82, 2.24) is 10.6 Å². The standard InChI is InChI=1S/C18H24N4O2/c19-11-14-1-3-16(4-2-14)22-9-5-15(6-10-22)21-17(24)20-12-18(13-23)7-8-18/h1-4,15,23H,5-10,12-13H2,(H2,20,21,24). The van der Waals surface area contributed by atoms with Gasteiger partial charge in [0.15, 0.2) is 0 Å². The van der Waals surface area contributed by atoms with Gasteiger partial charge < -0.3 is 20.6 Å². The molecule has 1 aromatic rings. The summed E-state index contributed by atoms with van der Waals surface area (Å²) in [5, 5.41) is 24.0. The van der Waals surface area contributed by atoms with Crippen molar-refractivity contribution < 1.29 is 9.90 Å². The molecule has 0 radical (unpaired) electrons. The van der Waals surface area contributed by atoms with Crippen molar-refractivity contribution in [2.75, 3.05) is 31.1 Å². The highest BCUT2D eigenvalue weighted by atomic mass is 16.3. The highest BCUT2D eigenvalue weighted by molar-refractivity contribution is 5.74. The van der Waals surface area contributed by atoms with Crippen molar-refractivity contribution >= 4 is 11.7 Å². The molecule has 6 heteroatoms. The van der Waals surface area contributed by atoms with Gasteiger partial charge in [-0.1, -0.05) is 0 Å². The van der Waals surface area contributed by atoms with Crippen LogP contribution in [0.15, 0.2) is 24.3 Å². The van der Waals surface area contributed by atoms with E-state index in [1.54, 1.807) is 0 Å². The van der Waals surface area contributed by atoms with Crippen LogP contribution < -0.4 is 15.5 Å². The van der Waals surface area contributed by atoms with Gasteiger partial charge in [0.1, 0.15) is 0 Å². The lowest BCUT2D eigenvalue weighted by Gasteiger charge is -2.34. The molecule has 3 N–H and O–H groups in total. The van der Waals surface area contributed by atoms with Crippen LogP contribution in [0.1, 0.15) is 31.2 Å². The Morgan fingerprint density at radius 1 is 1.29 bits per heavy atom. The molecule has 0 bridgehead atoms. The SMILES string of the molecule is N#Cc1ccc(N2CCC(NC(=O)NCC3(CO)CC3)CC2)cc1. The van der Waals surface area contributed by atoms with Gasteiger partial charge in [0, 0.05) is 36.8 Å². The predicted octanol–water partition coefficient (Wildman–Crippen LogP) is 1.60. The zero-order valence-electron chi connectivity index (χ0n) is 13.8. The van der Waals surface area contributed by atoms with Gasteiger partial charge in [0.2, 0.25) is 0 Å². The summed E-state index contributed by atoms with van der Waals surface area (Å²) in [7, 11) is 0. The van der Waals surface area contributed by atoms with Crippen LogP contribution in [0.25, 0.3) is 0 Å². The number of nitrogens with zero attached hydrogens (tertiary/aromatic N) is 2. The third-order valence-electron chi connectivity index (χ3n) is 5.11. The minimum Gasteiger partial charge on any atom is -0.396 e. The van der Waals surface area contributed by atoms with Crippen molar-refractivity contribution in [2.24, 2.45) is 5.41 Å². The van der Waals surface area contributed by atoms with Crippen LogP contribution in [0.5, 0.6) is 0 Å². The first kappa shape index (κ1) is 16.6. The Morgan fingerprint density at radius 2 is 1.96 bits per heavy atom. The average Bonchev–Trinajstić information content (AvgIpc) is 3.41.